The van der Waals surface area contributed by atoms with Crippen LogP contribution in [0.25, 0.3) is 0 Å². The number of hydrogen-bond acceptors (Lipinski definition) is 3. The van der Waals surface area contributed by atoms with Crippen molar-refractivity contribution in [1.29, 1.82) is 0 Å². The molecule has 2 atom stereocenters. The molecule has 6 heteroatoms. The van der Waals surface area contributed by atoms with E-state index in [2.05, 4.69) is 21.2 Å². The molecule has 0 aliphatic carbocycles. The molecule has 1 rings (SSSR count). The van der Waals surface area contributed by atoms with Crippen molar-refractivity contribution in [3.63, 3.8) is 0 Å². The smallest absolute Gasteiger partial charge is 0.331 e. The Morgan fingerprint density at radius 3 is 2.40 bits per heavy atom. The summed E-state index contributed by atoms with van der Waals surface area (Å²) < 4.78 is 5.79. The fraction of sp³-hybridized carbons (Fsp3) is 0.429. The zero-order chi connectivity index (χ0) is 15.3. The molecule has 2 N–H and O–H groups in total. The van der Waals surface area contributed by atoms with Gasteiger partial charge in [0.15, 0.2) is 5.54 Å². The normalized spacial score (nSPS) is 15.2. The molecule has 0 heterocycles. The molecule has 20 heavy (non-hydrogen) atoms. The van der Waals surface area contributed by atoms with Crippen LogP contribution in [-0.2, 0) is 14.3 Å². The van der Waals surface area contributed by atoms with E-state index in [0.29, 0.717) is 0 Å². The minimum atomic E-state index is -1.44. The standard InChI is InChI=1S/C14H18BrNO4/c1-9(10-4-6-11(15)7-5-10)12(17)16-14(2,8-20-3)13(18)19/h4-7,9H,8H2,1-3H3,(H,16,17)(H,18,19). The third-order valence-electron chi connectivity index (χ3n) is 3.07. The van der Waals surface area contributed by atoms with E-state index in [1.54, 1.807) is 6.92 Å². The van der Waals surface area contributed by atoms with Crippen LogP contribution in [0.5, 0.6) is 0 Å². The Kier molecular flexibility index (Phi) is 5.71. The summed E-state index contributed by atoms with van der Waals surface area (Å²) in [6.07, 6.45) is 0. The second-order valence-electron chi connectivity index (χ2n) is 4.83. The van der Waals surface area contributed by atoms with E-state index in [4.69, 9.17) is 4.74 Å². The Bertz CT molecular complexity index is 488. The highest BCUT2D eigenvalue weighted by Gasteiger charge is 2.36. The number of carboxylic acid groups (broad SMARTS) is 1. The van der Waals surface area contributed by atoms with Crippen molar-refractivity contribution in [2.75, 3.05) is 13.7 Å². The largest absolute Gasteiger partial charge is 0.479 e. The quantitative estimate of drug-likeness (QED) is 0.829. The first kappa shape index (κ1) is 16.7. The van der Waals surface area contributed by atoms with E-state index in [0.717, 1.165) is 10.0 Å². The number of nitrogens with one attached hydrogen (secondary N) is 1. The van der Waals surface area contributed by atoms with Gasteiger partial charge in [-0.25, -0.2) is 4.79 Å². The molecule has 0 aliphatic rings. The maximum Gasteiger partial charge on any atom is 0.331 e. The Labute approximate surface area is 126 Å². The number of methoxy groups -OCH3 is 1. The van der Waals surface area contributed by atoms with Gasteiger partial charge in [-0.2, -0.15) is 0 Å². The summed E-state index contributed by atoms with van der Waals surface area (Å²) in [6.45, 7) is 3.06. The highest BCUT2D eigenvalue weighted by Crippen LogP contribution is 2.19. The zero-order valence-corrected chi connectivity index (χ0v) is 13.2. The monoisotopic (exact) mass is 343 g/mol. The number of benzene rings is 1. The third kappa shape index (κ3) is 4.05. The van der Waals surface area contributed by atoms with Crippen molar-refractivity contribution in [3.05, 3.63) is 34.3 Å². The summed E-state index contributed by atoms with van der Waals surface area (Å²) >= 11 is 3.33. The lowest BCUT2D eigenvalue weighted by Crippen LogP contribution is -2.56. The average molecular weight is 344 g/mol. The SMILES string of the molecule is COCC(C)(NC(=O)C(C)c1ccc(Br)cc1)C(=O)O. The second kappa shape index (κ2) is 6.85. The van der Waals surface area contributed by atoms with Gasteiger partial charge < -0.3 is 15.2 Å². The first-order valence-corrected chi connectivity index (χ1v) is 6.89. The predicted octanol–water partition coefficient (Wildman–Crippen LogP) is 2.16. The van der Waals surface area contributed by atoms with Crippen LogP contribution >= 0.6 is 15.9 Å². The summed E-state index contributed by atoms with van der Waals surface area (Å²) in [5, 5.41) is 11.7. The molecule has 0 saturated carbocycles. The Morgan fingerprint density at radius 2 is 1.95 bits per heavy atom. The topological polar surface area (TPSA) is 75.6 Å². The van der Waals surface area contributed by atoms with Gasteiger partial charge in [-0.05, 0) is 31.5 Å². The molecule has 1 amide bonds. The van der Waals surface area contributed by atoms with E-state index in [1.165, 1.54) is 14.0 Å². The lowest BCUT2D eigenvalue weighted by molar-refractivity contribution is -0.149. The minimum absolute atomic E-state index is 0.0961. The van der Waals surface area contributed by atoms with Crippen molar-refractivity contribution in [1.82, 2.24) is 5.32 Å². The predicted molar refractivity (Wildman–Crippen MR) is 78.6 cm³/mol. The maximum absolute atomic E-state index is 12.2. The number of aliphatic carboxylic acids is 1. The van der Waals surface area contributed by atoms with Gasteiger partial charge in [0.2, 0.25) is 5.91 Å². The van der Waals surface area contributed by atoms with Crippen molar-refractivity contribution in [3.8, 4) is 0 Å². The molecule has 0 radical (unpaired) electrons. The Balaban J connectivity index is 2.83. The van der Waals surface area contributed by atoms with Crippen LogP contribution in [0, 0.1) is 0 Å². The molecule has 0 spiro atoms. The van der Waals surface area contributed by atoms with Crippen molar-refractivity contribution in [2.45, 2.75) is 25.3 Å². The Hall–Kier alpha value is -1.40. The maximum atomic E-state index is 12.2. The van der Waals surface area contributed by atoms with Crippen molar-refractivity contribution >= 4 is 27.8 Å². The number of hydrogen-bond donors (Lipinski definition) is 2. The number of rotatable bonds is 6. The van der Waals surface area contributed by atoms with Gasteiger partial charge in [0.1, 0.15) is 0 Å². The molecule has 1 aromatic carbocycles. The lowest BCUT2D eigenvalue weighted by Gasteiger charge is -2.27. The zero-order valence-electron chi connectivity index (χ0n) is 11.6. The van der Waals surface area contributed by atoms with Crippen LogP contribution < -0.4 is 5.32 Å². The summed E-state index contributed by atoms with van der Waals surface area (Å²) in [5.41, 5.74) is -0.619. The number of carbonyl (C=O) groups excluding carboxylic acids is 1. The van der Waals surface area contributed by atoms with Crippen molar-refractivity contribution < 1.29 is 19.4 Å². The van der Waals surface area contributed by atoms with Gasteiger partial charge in [-0.1, -0.05) is 28.1 Å². The van der Waals surface area contributed by atoms with E-state index in [9.17, 15) is 14.7 Å². The first-order valence-electron chi connectivity index (χ1n) is 6.10. The van der Waals surface area contributed by atoms with Gasteiger partial charge in [0.05, 0.1) is 12.5 Å². The van der Waals surface area contributed by atoms with Crippen LogP contribution in [0.3, 0.4) is 0 Å². The molecule has 1 aromatic rings. The number of halogens is 1. The van der Waals surface area contributed by atoms with Crippen LogP contribution in [0.2, 0.25) is 0 Å². The molecular formula is C14H18BrNO4. The summed E-state index contributed by atoms with van der Waals surface area (Å²) in [4.78, 5) is 23.4. The third-order valence-corrected chi connectivity index (χ3v) is 3.60. The van der Waals surface area contributed by atoms with Crippen LogP contribution in [0.1, 0.15) is 25.3 Å². The summed E-state index contributed by atoms with van der Waals surface area (Å²) in [6, 6.07) is 7.32. The van der Waals surface area contributed by atoms with E-state index in [-0.39, 0.29) is 12.5 Å². The van der Waals surface area contributed by atoms with Crippen LogP contribution in [0.4, 0.5) is 0 Å². The van der Waals surface area contributed by atoms with E-state index in [1.807, 2.05) is 24.3 Å². The van der Waals surface area contributed by atoms with Gasteiger partial charge in [-0.15, -0.1) is 0 Å². The van der Waals surface area contributed by atoms with Gasteiger partial charge in [0.25, 0.3) is 0 Å². The molecule has 0 aliphatic heterocycles. The Morgan fingerprint density at radius 1 is 1.40 bits per heavy atom. The molecule has 110 valence electrons. The number of carbonyl (C=O) groups is 2. The lowest BCUT2D eigenvalue weighted by atomic mass is 9.97. The van der Waals surface area contributed by atoms with E-state index >= 15 is 0 Å². The highest BCUT2D eigenvalue weighted by atomic mass is 79.9. The summed E-state index contributed by atoms with van der Waals surface area (Å²) in [5.74, 6) is -1.93. The second-order valence-corrected chi connectivity index (χ2v) is 5.75. The van der Waals surface area contributed by atoms with Crippen LogP contribution in [-0.4, -0.2) is 36.2 Å². The fourth-order valence-electron chi connectivity index (χ4n) is 1.72. The first-order chi connectivity index (χ1) is 9.30. The van der Waals surface area contributed by atoms with Crippen molar-refractivity contribution in [2.24, 2.45) is 0 Å². The van der Waals surface area contributed by atoms with E-state index < -0.39 is 17.4 Å². The number of ether oxygens (including phenoxy) is 1. The highest BCUT2D eigenvalue weighted by molar-refractivity contribution is 9.10. The average Bonchev–Trinajstić information content (AvgIpc) is 2.38. The van der Waals surface area contributed by atoms with Crippen LogP contribution in [0.15, 0.2) is 28.7 Å². The number of amides is 1. The molecular weight excluding hydrogens is 326 g/mol. The molecule has 2 unspecified atom stereocenters. The molecule has 0 aromatic heterocycles. The number of carboxylic acids is 1. The molecule has 5 nitrogen and oxygen atoms in total. The minimum Gasteiger partial charge on any atom is -0.479 e. The fourth-order valence-corrected chi connectivity index (χ4v) is 1.99. The molecule has 0 fully saturated rings. The molecule has 0 bridgehead atoms. The summed E-state index contributed by atoms with van der Waals surface area (Å²) in [7, 11) is 1.39. The van der Waals surface area contributed by atoms with Gasteiger partial charge in [-0.3, -0.25) is 4.79 Å². The van der Waals surface area contributed by atoms with Gasteiger partial charge >= 0.3 is 5.97 Å². The molecule has 0 saturated heterocycles. The van der Waals surface area contributed by atoms with Gasteiger partial charge in [0, 0.05) is 11.6 Å².